The molecule has 1 amide bonds. The number of carbonyl (C=O) groups is 1. The summed E-state index contributed by atoms with van der Waals surface area (Å²) < 4.78 is 4.94. The fraction of sp³-hybridized carbons (Fsp3) is 0.833. The van der Waals surface area contributed by atoms with E-state index in [1.54, 1.807) is 0 Å². The van der Waals surface area contributed by atoms with Gasteiger partial charge in [0.1, 0.15) is 0 Å². The van der Waals surface area contributed by atoms with Crippen LogP contribution in [0.2, 0.25) is 0 Å². The Morgan fingerprint density at radius 2 is 1.90 bits per heavy atom. The highest BCUT2D eigenvalue weighted by Crippen LogP contribution is 1.98. The molecule has 1 aliphatic heterocycles. The van der Waals surface area contributed by atoms with Crippen molar-refractivity contribution in [3.8, 4) is 0 Å². The zero-order chi connectivity index (χ0) is 7.82. The molecule has 1 saturated heterocycles. The third-order valence-electron chi connectivity index (χ3n) is 0.959. The van der Waals surface area contributed by atoms with E-state index in [1.165, 1.54) is 12.8 Å². The molecule has 60 valence electrons. The first kappa shape index (κ1) is 9.91. The Morgan fingerprint density at radius 1 is 1.50 bits per heavy atom. The predicted molar refractivity (Wildman–Crippen MR) is 43.0 cm³/mol. The molecule has 0 saturated carbocycles. The van der Waals surface area contributed by atoms with E-state index in [2.05, 4.69) is 21.7 Å². The number of primary amides is 1. The second-order valence-electron chi connectivity index (χ2n) is 1.92. The average Bonchev–Trinajstić information content (AvgIpc) is 2.43. The van der Waals surface area contributed by atoms with Crippen molar-refractivity contribution in [3.63, 3.8) is 0 Å². The number of rotatable bonds is 1. The molecule has 3 nitrogen and oxygen atoms in total. The van der Waals surface area contributed by atoms with Crippen molar-refractivity contribution in [2.75, 3.05) is 18.5 Å². The highest BCUT2D eigenvalue weighted by Gasteiger charge is 1.94. The molecule has 0 aliphatic carbocycles. The number of halogens is 1. The molecule has 0 aromatic carbocycles. The molecule has 0 aromatic rings. The van der Waals surface area contributed by atoms with E-state index in [1.807, 2.05) is 0 Å². The Hall–Kier alpha value is -0.0900. The Balaban J connectivity index is 0.000000162. The molecule has 0 bridgehead atoms. The summed E-state index contributed by atoms with van der Waals surface area (Å²) in [7, 11) is 0. The van der Waals surface area contributed by atoms with Crippen LogP contribution in [0, 0.1) is 0 Å². The van der Waals surface area contributed by atoms with Gasteiger partial charge in [0.25, 0.3) is 0 Å². The summed E-state index contributed by atoms with van der Waals surface area (Å²) in [6, 6.07) is 0. The molecule has 1 fully saturated rings. The number of ether oxygens (including phenoxy) is 1. The van der Waals surface area contributed by atoms with Gasteiger partial charge in [-0.3, -0.25) is 4.79 Å². The maximum atomic E-state index is 9.54. The van der Waals surface area contributed by atoms with E-state index in [-0.39, 0.29) is 11.2 Å². The van der Waals surface area contributed by atoms with Gasteiger partial charge in [0.15, 0.2) is 0 Å². The topological polar surface area (TPSA) is 52.3 Å². The summed E-state index contributed by atoms with van der Waals surface area (Å²) in [6.45, 7) is 2.00. The van der Waals surface area contributed by atoms with Crippen molar-refractivity contribution in [3.05, 3.63) is 0 Å². The normalized spacial score (nSPS) is 15.7. The van der Waals surface area contributed by atoms with Gasteiger partial charge in [-0.2, -0.15) is 0 Å². The van der Waals surface area contributed by atoms with Gasteiger partial charge in [-0.1, -0.05) is 15.9 Å². The lowest BCUT2D eigenvalue weighted by molar-refractivity contribution is -0.115. The summed E-state index contributed by atoms with van der Waals surface area (Å²) in [5, 5.41) is 0.257. The third kappa shape index (κ3) is 7.91. The van der Waals surface area contributed by atoms with Crippen molar-refractivity contribution in [2.45, 2.75) is 12.8 Å². The van der Waals surface area contributed by atoms with Crippen LogP contribution >= 0.6 is 15.9 Å². The van der Waals surface area contributed by atoms with Gasteiger partial charge in [-0.05, 0) is 12.8 Å². The van der Waals surface area contributed by atoms with Gasteiger partial charge < -0.3 is 10.5 Å². The largest absolute Gasteiger partial charge is 0.381 e. The van der Waals surface area contributed by atoms with Gasteiger partial charge in [-0.15, -0.1) is 0 Å². The van der Waals surface area contributed by atoms with E-state index in [0.29, 0.717) is 0 Å². The van der Waals surface area contributed by atoms with Gasteiger partial charge in [-0.25, -0.2) is 0 Å². The minimum Gasteiger partial charge on any atom is -0.381 e. The Morgan fingerprint density at radius 3 is 2.00 bits per heavy atom. The molecular formula is C6H12BrNO2. The van der Waals surface area contributed by atoms with Crippen LogP contribution in [0.5, 0.6) is 0 Å². The minimum absolute atomic E-state index is 0.257. The van der Waals surface area contributed by atoms with Crippen molar-refractivity contribution in [1.82, 2.24) is 0 Å². The van der Waals surface area contributed by atoms with Crippen LogP contribution in [0.1, 0.15) is 12.8 Å². The van der Waals surface area contributed by atoms with Crippen LogP contribution in [0.3, 0.4) is 0 Å². The fourth-order valence-electron chi connectivity index (χ4n) is 0.510. The number of nitrogens with two attached hydrogens (primary N) is 1. The first-order chi connectivity index (χ1) is 4.77. The summed E-state index contributed by atoms with van der Waals surface area (Å²) >= 11 is 2.84. The lowest BCUT2D eigenvalue weighted by Gasteiger charge is -1.76. The van der Waals surface area contributed by atoms with Crippen molar-refractivity contribution < 1.29 is 9.53 Å². The molecule has 1 heterocycles. The highest BCUT2D eigenvalue weighted by molar-refractivity contribution is 9.09. The van der Waals surface area contributed by atoms with Gasteiger partial charge in [0, 0.05) is 13.2 Å². The van der Waals surface area contributed by atoms with E-state index in [0.717, 1.165) is 13.2 Å². The van der Waals surface area contributed by atoms with Crippen LogP contribution < -0.4 is 5.73 Å². The molecule has 4 heteroatoms. The number of carbonyl (C=O) groups excluding carboxylic acids is 1. The lowest BCUT2D eigenvalue weighted by Crippen LogP contribution is -2.10. The molecule has 2 N–H and O–H groups in total. The number of hydrogen-bond acceptors (Lipinski definition) is 2. The SMILES string of the molecule is C1CCOC1.NC(=O)CBr. The van der Waals surface area contributed by atoms with Crippen molar-refractivity contribution in [2.24, 2.45) is 5.73 Å². The van der Waals surface area contributed by atoms with Crippen LogP contribution in [0.4, 0.5) is 0 Å². The fourth-order valence-corrected chi connectivity index (χ4v) is 0.510. The lowest BCUT2D eigenvalue weighted by atomic mass is 10.4. The number of alkyl halides is 1. The quantitative estimate of drug-likeness (QED) is 0.646. The summed E-state index contributed by atoms with van der Waals surface area (Å²) in [5.41, 5.74) is 4.61. The first-order valence-corrected chi connectivity index (χ1v) is 4.31. The van der Waals surface area contributed by atoms with Crippen molar-refractivity contribution >= 4 is 21.8 Å². The second-order valence-corrected chi connectivity index (χ2v) is 2.48. The van der Waals surface area contributed by atoms with Crippen LogP contribution in [-0.2, 0) is 9.53 Å². The molecule has 0 aromatic heterocycles. The molecule has 1 rings (SSSR count). The van der Waals surface area contributed by atoms with E-state index in [4.69, 9.17) is 4.74 Å². The van der Waals surface area contributed by atoms with Crippen LogP contribution in [-0.4, -0.2) is 24.5 Å². The molecule has 0 spiro atoms. The van der Waals surface area contributed by atoms with Gasteiger partial charge >= 0.3 is 0 Å². The number of amides is 1. The highest BCUT2D eigenvalue weighted by atomic mass is 79.9. The zero-order valence-electron chi connectivity index (χ0n) is 5.81. The maximum absolute atomic E-state index is 9.54. The maximum Gasteiger partial charge on any atom is 0.228 e. The van der Waals surface area contributed by atoms with E-state index >= 15 is 0 Å². The van der Waals surface area contributed by atoms with Gasteiger partial charge in [0.05, 0.1) is 5.33 Å². The standard InChI is InChI=1S/C4H8O.C2H4BrNO/c1-2-4-5-3-1;3-1-2(4)5/h1-4H2;1H2,(H2,4,5). The van der Waals surface area contributed by atoms with Gasteiger partial charge in [0.2, 0.25) is 5.91 Å². The zero-order valence-corrected chi connectivity index (χ0v) is 7.39. The minimum atomic E-state index is -0.329. The molecule has 0 unspecified atom stereocenters. The molecule has 0 radical (unpaired) electrons. The molecule has 1 aliphatic rings. The van der Waals surface area contributed by atoms with Crippen LogP contribution in [0.25, 0.3) is 0 Å². The summed E-state index contributed by atoms with van der Waals surface area (Å²) in [6.07, 6.45) is 2.56. The van der Waals surface area contributed by atoms with Crippen molar-refractivity contribution in [1.29, 1.82) is 0 Å². The molecule has 10 heavy (non-hydrogen) atoms. The number of hydrogen-bond donors (Lipinski definition) is 1. The Kier molecular flexibility index (Phi) is 6.96. The predicted octanol–water partition coefficient (Wildman–Crippen LogP) is 0.663. The Bertz CT molecular complexity index is 86.1. The first-order valence-electron chi connectivity index (χ1n) is 3.19. The smallest absolute Gasteiger partial charge is 0.228 e. The average molecular weight is 210 g/mol. The van der Waals surface area contributed by atoms with Crippen LogP contribution in [0.15, 0.2) is 0 Å². The monoisotopic (exact) mass is 209 g/mol. The molecule has 0 atom stereocenters. The third-order valence-corrected chi connectivity index (χ3v) is 1.51. The molecular weight excluding hydrogens is 198 g/mol. The van der Waals surface area contributed by atoms with E-state index < -0.39 is 0 Å². The second kappa shape index (κ2) is 7.02. The Labute approximate surface area is 69.0 Å². The summed E-state index contributed by atoms with van der Waals surface area (Å²) in [5.74, 6) is -0.329. The summed E-state index contributed by atoms with van der Waals surface area (Å²) in [4.78, 5) is 9.54. The van der Waals surface area contributed by atoms with E-state index in [9.17, 15) is 4.79 Å².